The lowest BCUT2D eigenvalue weighted by Crippen LogP contribution is -2.43. The molecule has 10 nitrogen and oxygen atoms in total. The van der Waals surface area contributed by atoms with Crippen LogP contribution in [-0.4, -0.2) is 79.5 Å². The number of carbonyl (C=O) groups excluding carboxylic acids is 1. The summed E-state index contributed by atoms with van der Waals surface area (Å²) in [5, 5.41) is 0.751. The topological polar surface area (TPSA) is 115 Å². The molecule has 4 heterocycles. The second-order valence-corrected chi connectivity index (χ2v) is 10.2. The first kappa shape index (κ1) is 27.4. The van der Waals surface area contributed by atoms with Crippen LogP contribution in [0, 0.1) is 0 Å². The van der Waals surface area contributed by atoms with Gasteiger partial charge in [0, 0.05) is 43.2 Å². The normalized spacial score (nSPS) is 20.2. The number of ether oxygens (including phenoxy) is 3. The molecule has 1 aromatic heterocycles. The van der Waals surface area contributed by atoms with Crippen LogP contribution in [0.15, 0.2) is 35.0 Å². The molecule has 0 aliphatic carbocycles. The zero-order valence-electron chi connectivity index (χ0n) is 22.5. The van der Waals surface area contributed by atoms with Crippen LogP contribution in [0.2, 0.25) is 5.02 Å². The zero-order valence-corrected chi connectivity index (χ0v) is 23.2. The lowest BCUT2D eigenvalue weighted by atomic mass is 9.94. The number of nitrogens with two attached hydrogens (primary N) is 1. The molecular weight excluding hydrogens is 520 g/mol. The summed E-state index contributed by atoms with van der Waals surface area (Å²) in [5.74, 6) is 0.572. The van der Waals surface area contributed by atoms with E-state index >= 15 is 0 Å². The number of carbonyl (C=O) groups is 1. The van der Waals surface area contributed by atoms with Crippen molar-refractivity contribution in [3.8, 4) is 6.01 Å². The van der Waals surface area contributed by atoms with Gasteiger partial charge in [-0.2, -0.15) is 9.97 Å². The lowest BCUT2D eigenvalue weighted by molar-refractivity contribution is -0.131. The van der Waals surface area contributed by atoms with Gasteiger partial charge >= 0.3 is 6.01 Å². The minimum Gasteiger partial charge on any atom is -0.467 e. The van der Waals surface area contributed by atoms with Crippen molar-refractivity contribution in [3.05, 3.63) is 57.4 Å². The highest BCUT2D eigenvalue weighted by molar-refractivity contribution is 6.31. The molecule has 3 aliphatic rings. The van der Waals surface area contributed by atoms with E-state index in [0.29, 0.717) is 58.4 Å². The van der Waals surface area contributed by atoms with Crippen LogP contribution in [0.1, 0.15) is 41.8 Å². The number of aromatic nitrogens is 2. The third kappa shape index (κ3) is 6.03. The Kier molecular flexibility index (Phi) is 8.64. The Balaban J connectivity index is 1.40. The second-order valence-electron chi connectivity index (χ2n) is 9.78. The van der Waals surface area contributed by atoms with Gasteiger partial charge < -0.3 is 29.7 Å². The van der Waals surface area contributed by atoms with Gasteiger partial charge in [-0.1, -0.05) is 30.7 Å². The van der Waals surface area contributed by atoms with Gasteiger partial charge in [0.15, 0.2) is 0 Å². The quantitative estimate of drug-likeness (QED) is 0.542. The van der Waals surface area contributed by atoms with E-state index in [4.69, 9.17) is 46.5 Å². The van der Waals surface area contributed by atoms with Crippen molar-refractivity contribution < 1.29 is 19.0 Å². The Labute approximate surface area is 233 Å². The standard InChI is InChI=1S/C28H35ClN6O4/c1-3-19-20(6-4-7-22(19)29)25-15-24-21(17-39-25)26(33-28(32-24)37-2)35-9-5-8-31-18(16-35)14-23(30)27(36)34-10-12-38-13-11-34/h4,6-7,14,25H,3,5,8-13,15-17,30H2,1-2H3/b23-14-. The predicted molar refractivity (Wildman–Crippen MR) is 149 cm³/mol. The number of nitrogens with zero attached hydrogens (tertiary/aromatic N) is 5. The van der Waals surface area contributed by atoms with Gasteiger partial charge in [0.05, 0.1) is 56.7 Å². The maximum Gasteiger partial charge on any atom is 0.318 e. The Bertz CT molecular complexity index is 1280. The maximum absolute atomic E-state index is 12.8. The van der Waals surface area contributed by atoms with Crippen LogP contribution < -0.4 is 15.4 Å². The summed E-state index contributed by atoms with van der Waals surface area (Å²) in [5.41, 5.74) is 11.2. The molecule has 1 unspecified atom stereocenters. The highest BCUT2D eigenvalue weighted by Gasteiger charge is 2.30. The van der Waals surface area contributed by atoms with Gasteiger partial charge in [0.1, 0.15) is 5.82 Å². The van der Waals surface area contributed by atoms with E-state index in [-0.39, 0.29) is 17.7 Å². The number of rotatable bonds is 6. The lowest BCUT2D eigenvalue weighted by Gasteiger charge is -2.31. The van der Waals surface area contributed by atoms with Gasteiger partial charge in [0.2, 0.25) is 0 Å². The number of halogens is 1. The number of benzene rings is 1. The number of hydrogen-bond acceptors (Lipinski definition) is 9. The first-order valence-electron chi connectivity index (χ1n) is 13.4. The molecule has 2 N–H and O–H groups in total. The molecule has 1 amide bonds. The summed E-state index contributed by atoms with van der Waals surface area (Å²) in [6.45, 7) is 6.42. The zero-order chi connectivity index (χ0) is 27.4. The molecule has 1 fully saturated rings. The van der Waals surface area contributed by atoms with Crippen molar-refractivity contribution in [2.24, 2.45) is 10.7 Å². The highest BCUT2D eigenvalue weighted by Crippen LogP contribution is 2.37. The fourth-order valence-electron chi connectivity index (χ4n) is 5.30. The van der Waals surface area contributed by atoms with Crippen molar-refractivity contribution in [2.75, 3.05) is 57.9 Å². The largest absolute Gasteiger partial charge is 0.467 e. The predicted octanol–water partition coefficient (Wildman–Crippen LogP) is 2.87. The molecule has 208 valence electrons. The molecule has 0 bridgehead atoms. The molecule has 0 saturated carbocycles. The number of morpholine rings is 1. The summed E-state index contributed by atoms with van der Waals surface area (Å²) in [6.07, 6.45) is 3.78. The Hall–Kier alpha value is -3.21. The van der Waals surface area contributed by atoms with Crippen molar-refractivity contribution in [2.45, 2.75) is 38.9 Å². The Morgan fingerprint density at radius 2 is 2.08 bits per heavy atom. The summed E-state index contributed by atoms with van der Waals surface area (Å²) < 4.78 is 17.2. The first-order chi connectivity index (χ1) is 19.0. The summed E-state index contributed by atoms with van der Waals surface area (Å²) in [6, 6.07) is 6.26. The third-order valence-electron chi connectivity index (χ3n) is 7.32. The second kappa shape index (κ2) is 12.3. The van der Waals surface area contributed by atoms with Crippen molar-refractivity contribution >= 4 is 29.0 Å². The molecule has 0 spiro atoms. The molecule has 2 aromatic rings. The maximum atomic E-state index is 12.8. The average Bonchev–Trinajstić information content (AvgIpc) is 3.21. The number of methoxy groups -OCH3 is 1. The van der Waals surface area contributed by atoms with E-state index in [1.165, 1.54) is 0 Å². The fraction of sp³-hybridized carbons (Fsp3) is 0.500. The fourth-order valence-corrected chi connectivity index (χ4v) is 5.62. The monoisotopic (exact) mass is 554 g/mol. The van der Waals surface area contributed by atoms with E-state index in [0.717, 1.165) is 58.3 Å². The minimum atomic E-state index is -0.190. The summed E-state index contributed by atoms with van der Waals surface area (Å²) in [7, 11) is 1.57. The van der Waals surface area contributed by atoms with Gasteiger partial charge in [-0.05, 0) is 36.1 Å². The third-order valence-corrected chi connectivity index (χ3v) is 7.67. The van der Waals surface area contributed by atoms with Crippen LogP contribution in [0.25, 0.3) is 0 Å². The highest BCUT2D eigenvalue weighted by atomic mass is 35.5. The first-order valence-corrected chi connectivity index (χ1v) is 13.8. The van der Waals surface area contributed by atoms with Crippen molar-refractivity contribution in [1.29, 1.82) is 0 Å². The Morgan fingerprint density at radius 3 is 2.85 bits per heavy atom. The van der Waals surface area contributed by atoms with Crippen LogP contribution in [-0.2, 0) is 33.7 Å². The van der Waals surface area contributed by atoms with E-state index in [1.54, 1.807) is 18.1 Å². The minimum absolute atomic E-state index is 0.159. The number of anilines is 1. The average molecular weight is 555 g/mol. The van der Waals surface area contributed by atoms with Crippen LogP contribution >= 0.6 is 11.6 Å². The summed E-state index contributed by atoms with van der Waals surface area (Å²) >= 11 is 6.49. The molecule has 0 radical (unpaired) electrons. The van der Waals surface area contributed by atoms with Gasteiger partial charge in [-0.15, -0.1) is 0 Å². The van der Waals surface area contributed by atoms with Crippen LogP contribution in [0.5, 0.6) is 6.01 Å². The Morgan fingerprint density at radius 1 is 1.26 bits per heavy atom. The molecule has 39 heavy (non-hydrogen) atoms. The molecule has 1 aromatic carbocycles. The molecule has 11 heteroatoms. The van der Waals surface area contributed by atoms with Gasteiger partial charge in [-0.3, -0.25) is 9.79 Å². The van der Waals surface area contributed by atoms with Crippen LogP contribution in [0.4, 0.5) is 5.82 Å². The summed E-state index contributed by atoms with van der Waals surface area (Å²) in [4.78, 5) is 30.9. The number of aliphatic imine (C=N–C) groups is 1. The van der Waals surface area contributed by atoms with E-state index in [1.807, 2.05) is 12.1 Å². The van der Waals surface area contributed by atoms with Crippen molar-refractivity contribution in [1.82, 2.24) is 14.9 Å². The van der Waals surface area contributed by atoms with Gasteiger partial charge in [0.25, 0.3) is 5.91 Å². The number of hydrogen-bond donors (Lipinski definition) is 1. The van der Waals surface area contributed by atoms with Crippen molar-refractivity contribution in [3.63, 3.8) is 0 Å². The van der Waals surface area contributed by atoms with Crippen LogP contribution in [0.3, 0.4) is 0 Å². The molecular formula is C28H35ClN6O4. The molecule has 1 saturated heterocycles. The van der Waals surface area contributed by atoms with E-state index in [9.17, 15) is 4.79 Å². The SMILES string of the molecule is CCc1c(Cl)cccc1C1Cc2nc(OC)nc(N3CCCN=C(/C=C(\N)C(=O)N4CCOCC4)C3)c2CO1. The molecule has 1 atom stereocenters. The van der Waals surface area contributed by atoms with E-state index < -0.39 is 0 Å². The smallest absolute Gasteiger partial charge is 0.318 e. The van der Waals surface area contributed by atoms with E-state index in [2.05, 4.69) is 17.9 Å². The number of fused-ring (bicyclic) bond motifs is 1. The molecule has 5 rings (SSSR count). The molecule has 3 aliphatic heterocycles. The van der Waals surface area contributed by atoms with Gasteiger partial charge in [-0.25, -0.2) is 0 Å². The number of amides is 1.